The van der Waals surface area contributed by atoms with Crippen LogP contribution in [0.15, 0.2) is 47.4 Å². The molecule has 0 aromatic heterocycles. The van der Waals surface area contributed by atoms with Crippen molar-refractivity contribution in [3.05, 3.63) is 63.6 Å². The molecule has 0 unspecified atom stereocenters. The van der Waals surface area contributed by atoms with Crippen molar-refractivity contribution in [2.75, 3.05) is 20.1 Å². The van der Waals surface area contributed by atoms with Crippen molar-refractivity contribution in [1.82, 2.24) is 9.21 Å². The highest BCUT2D eigenvalue weighted by molar-refractivity contribution is 7.89. The molecule has 0 bridgehead atoms. The van der Waals surface area contributed by atoms with Gasteiger partial charge in [0, 0.05) is 37.3 Å². The van der Waals surface area contributed by atoms with Gasteiger partial charge in [-0.05, 0) is 48.7 Å². The molecule has 1 aliphatic rings. The summed E-state index contributed by atoms with van der Waals surface area (Å²) >= 11 is 12.0. The standard InChI is InChI=1S/C19H20Cl2N2O3S/c1-22(13-14-4-7-16(20)8-5-14)19(24)15-6-9-17(21)18(12-15)27(25,26)23-10-2-3-11-23/h4-9,12H,2-3,10-11,13H2,1H3. The van der Waals surface area contributed by atoms with Crippen LogP contribution in [0.3, 0.4) is 0 Å². The molecule has 2 aromatic carbocycles. The van der Waals surface area contributed by atoms with Crippen molar-refractivity contribution in [2.45, 2.75) is 24.3 Å². The first-order valence-corrected chi connectivity index (χ1v) is 10.8. The zero-order valence-corrected chi connectivity index (χ0v) is 17.2. The molecule has 144 valence electrons. The van der Waals surface area contributed by atoms with Gasteiger partial charge in [0.15, 0.2) is 0 Å². The molecule has 0 aliphatic carbocycles. The van der Waals surface area contributed by atoms with Gasteiger partial charge >= 0.3 is 0 Å². The maximum atomic E-state index is 12.8. The number of nitrogens with zero attached hydrogens (tertiary/aromatic N) is 2. The number of hydrogen-bond acceptors (Lipinski definition) is 3. The normalized spacial score (nSPS) is 15.1. The summed E-state index contributed by atoms with van der Waals surface area (Å²) in [7, 11) is -2.03. The lowest BCUT2D eigenvalue weighted by Crippen LogP contribution is -2.29. The third-order valence-electron chi connectivity index (χ3n) is 4.54. The number of amides is 1. The molecule has 1 amide bonds. The number of hydrogen-bond donors (Lipinski definition) is 0. The van der Waals surface area contributed by atoms with Crippen LogP contribution < -0.4 is 0 Å². The fraction of sp³-hybridized carbons (Fsp3) is 0.316. The molecule has 1 saturated heterocycles. The Labute approximate surface area is 169 Å². The Hall–Kier alpha value is -1.60. The third-order valence-corrected chi connectivity index (χ3v) is 7.17. The topological polar surface area (TPSA) is 57.7 Å². The predicted molar refractivity (Wildman–Crippen MR) is 107 cm³/mol. The highest BCUT2D eigenvalue weighted by atomic mass is 35.5. The van der Waals surface area contributed by atoms with Crippen molar-refractivity contribution in [2.24, 2.45) is 0 Å². The molecule has 0 N–H and O–H groups in total. The molecule has 1 aliphatic heterocycles. The van der Waals surface area contributed by atoms with E-state index in [0.29, 0.717) is 24.7 Å². The summed E-state index contributed by atoms with van der Waals surface area (Å²) in [6, 6.07) is 11.6. The maximum Gasteiger partial charge on any atom is 0.253 e. The van der Waals surface area contributed by atoms with Gasteiger partial charge in [-0.2, -0.15) is 4.31 Å². The molecule has 8 heteroatoms. The monoisotopic (exact) mass is 426 g/mol. The Morgan fingerprint density at radius 2 is 1.70 bits per heavy atom. The molecule has 1 fully saturated rings. The summed E-state index contributed by atoms with van der Waals surface area (Å²) in [5, 5.41) is 0.751. The molecule has 3 rings (SSSR count). The average molecular weight is 427 g/mol. The first-order chi connectivity index (χ1) is 12.8. The van der Waals surface area contributed by atoms with Crippen molar-refractivity contribution in [1.29, 1.82) is 0 Å². The zero-order valence-electron chi connectivity index (χ0n) is 14.9. The molecule has 1 heterocycles. The molecule has 0 saturated carbocycles. The molecule has 5 nitrogen and oxygen atoms in total. The van der Waals surface area contributed by atoms with E-state index in [2.05, 4.69) is 0 Å². The van der Waals surface area contributed by atoms with E-state index in [1.54, 1.807) is 25.2 Å². The lowest BCUT2D eigenvalue weighted by molar-refractivity contribution is 0.0785. The minimum atomic E-state index is -3.70. The minimum Gasteiger partial charge on any atom is -0.337 e. The van der Waals surface area contributed by atoms with E-state index in [9.17, 15) is 13.2 Å². The van der Waals surface area contributed by atoms with Crippen molar-refractivity contribution < 1.29 is 13.2 Å². The fourth-order valence-corrected chi connectivity index (χ4v) is 5.20. The molecule has 2 aromatic rings. The highest BCUT2D eigenvalue weighted by Crippen LogP contribution is 2.28. The van der Waals surface area contributed by atoms with Crippen LogP contribution in [0.25, 0.3) is 0 Å². The lowest BCUT2D eigenvalue weighted by atomic mass is 10.1. The van der Waals surface area contributed by atoms with Gasteiger partial charge in [-0.15, -0.1) is 0 Å². The van der Waals surface area contributed by atoms with E-state index in [0.717, 1.165) is 18.4 Å². The SMILES string of the molecule is CN(Cc1ccc(Cl)cc1)C(=O)c1ccc(Cl)c(S(=O)(=O)N2CCCC2)c1. The highest BCUT2D eigenvalue weighted by Gasteiger charge is 2.30. The van der Waals surface area contributed by atoms with E-state index in [1.165, 1.54) is 21.3 Å². The summed E-state index contributed by atoms with van der Waals surface area (Å²) < 4.78 is 27.1. The Kier molecular flexibility index (Phi) is 6.11. The van der Waals surface area contributed by atoms with Crippen LogP contribution in [0.5, 0.6) is 0 Å². The van der Waals surface area contributed by atoms with Crippen LogP contribution in [0.1, 0.15) is 28.8 Å². The van der Waals surface area contributed by atoms with Crippen molar-refractivity contribution >= 4 is 39.1 Å². The van der Waals surface area contributed by atoms with Gasteiger partial charge in [-0.1, -0.05) is 35.3 Å². The van der Waals surface area contributed by atoms with E-state index in [4.69, 9.17) is 23.2 Å². The quantitative estimate of drug-likeness (QED) is 0.724. The minimum absolute atomic E-state index is 0.0168. The Balaban J connectivity index is 1.84. The first-order valence-electron chi connectivity index (χ1n) is 8.58. The van der Waals surface area contributed by atoms with E-state index in [1.807, 2.05) is 12.1 Å². The summed E-state index contributed by atoms with van der Waals surface area (Å²) in [4.78, 5) is 14.3. The van der Waals surface area contributed by atoms with Gasteiger partial charge in [0.05, 0.1) is 5.02 Å². The molecule has 0 radical (unpaired) electrons. The number of sulfonamides is 1. The third kappa shape index (κ3) is 4.46. The molecular formula is C19H20Cl2N2O3S. The molecular weight excluding hydrogens is 407 g/mol. The van der Waals surface area contributed by atoms with E-state index in [-0.39, 0.29) is 21.4 Å². The average Bonchev–Trinajstić information content (AvgIpc) is 3.19. The van der Waals surface area contributed by atoms with Gasteiger partial charge in [0.1, 0.15) is 4.90 Å². The van der Waals surface area contributed by atoms with Crippen LogP contribution in [0.4, 0.5) is 0 Å². The lowest BCUT2D eigenvalue weighted by Gasteiger charge is -2.20. The fourth-order valence-electron chi connectivity index (χ4n) is 3.06. The van der Waals surface area contributed by atoms with Crippen LogP contribution in [0, 0.1) is 0 Å². The first kappa shape index (κ1) is 20.1. The van der Waals surface area contributed by atoms with Gasteiger partial charge < -0.3 is 4.90 Å². The number of halogens is 2. The van der Waals surface area contributed by atoms with Gasteiger partial charge in [0.25, 0.3) is 5.91 Å². The van der Waals surface area contributed by atoms with Crippen molar-refractivity contribution in [3.63, 3.8) is 0 Å². The van der Waals surface area contributed by atoms with Crippen LogP contribution >= 0.6 is 23.2 Å². The largest absolute Gasteiger partial charge is 0.337 e. The second-order valence-electron chi connectivity index (χ2n) is 6.54. The molecule has 0 spiro atoms. The molecule has 27 heavy (non-hydrogen) atoms. The van der Waals surface area contributed by atoms with Gasteiger partial charge in [0.2, 0.25) is 10.0 Å². The summed E-state index contributed by atoms with van der Waals surface area (Å²) in [5.74, 6) is -0.278. The van der Waals surface area contributed by atoms with Crippen molar-refractivity contribution in [3.8, 4) is 0 Å². The van der Waals surface area contributed by atoms with Crippen LogP contribution in [-0.4, -0.2) is 43.7 Å². The smallest absolute Gasteiger partial charge is 0.253 e. The van der Waals surface area contributed by atoms with Gasteiger partial charge in [-0.3, -0.25) is 4.79 Å². The summed E-state index contributed by atoms with van der Waals surface area (Å²) in [6.45, 7) is 1.34. The van der Waals surface area contributed by atoms with Crippen LogP contribution in [-0.2, 0) is 16.6 Å². The summed E-state index contributed by atoms with van der Waals surface area (Å²) in [6.07, 6.45) is 1.67. The number of benzene rings is 2. The van der Waals surface area contributed by atoms with E-state index >= 15 is 0 Å². The Morgan fingerprint density at radius 3 is 2.33 bits per heavy atom. The second-order valence-corrected chi connectivity index (χ2v) is 9.29. The zero-order chi connectivity index (χ0) is 19.6. The van der Waals surface area contributed by atoms with E-state index < -0.39 is 10.0 Å². The number of carbonyl (C=O) groups is 1. The van der Waals surface area contributed by atoms with Gasteiger partial charge in [-0.25, -0.2) is 8.42 Å². The second kappa shape index (κ2) is 8.19. The molecule has 0 atom stereocenters. The maximum absolute atomic E-state index is 12.8. The number of carbonyl (C=O) groups excluding carboxylic acids is 1. The predicted octanol–water partition coefficient (Wildman–Crippen LogP) is 4.05. The van der Waals surface area contributed by atoms with Crippen LogP contribution in [0.2, 0.25) is 10.0 Å². The number of rotatable bonds is 5. The summed E-state index contributed by atoms with van der Waals surface area (Å²) in [5.41, 5.74) is 1.21. The Bertz CT molecular complexity index is 940. The Morgan fingerprint density at radius 1 is 1.07 bits per heavy atom.